The fourth-order valence-corrected chi connectivity index (χ4v) is 5.15. The maximum Gasteiger partial charge on any atom is 0.234 e. The average Bonchev–Trinajstić information content (AvgIpc) is 2.89. The lowest BCUT2D eigenvalue weighted by Gasteiger charge is -2.32. The van der Waals surface area contributed by atoms with Crippen LogP contribution in [-0.4, -0.2) is 24.0 Å². The quantitative estimate of drug-likeness (QED) is 0.0631. The van der Waals surface area contributed by atoms with Crippen molar-refractivity contribution < 1.29 is 4.79 Å². The van der Waals surface area contributed by atoms with Gasteiger partial charge in [0.1, 0.15) is 0 Å². The molecule has 0 aromatic rings. The maximum absolute atomic E-state index is 13.2. The van der Waals surface area contributed by atoms with E-state index in [9.17, 15) is 4.79 Å². The summed E-state index contributed by atoms with van der Waals surface area (Å²) in [7, 11) is 0. The van der Waals surface area contributed by atoms with Crippen LogP contribution >= 0.6 is 0 Å². The van der Waals surface area contributed by atoms with Crippen LogP contribution in [0.25, 0.3) is 0 Å². The van der Waals surface area contributed by atoms with Crippen molar-refractivity contribution in [2.45, 2.75) is 176 Å². The Hall–Kier alpha value is -1.09. The first-order chi connectivity index (χ1) is 18.8. The van der Waals surface area contributed by atoms with E-state index in [2.05, 4.69) is 76.3 Å². The SMILES string of the molecule is CCCCC/C=C\CCCN(CCC/C=C\CCCCC)NC(=O)CC(CCCCCCCCC)C(C)(C)C. The highest BCUT2D eigenvalue weighted by Crippen LogP contribution is 2.33. The highest BCUT2D eigenvalue weighted by molar-refractivity contribution is 5.75. The van der Waals surface area contributed by atoms with Crippen LogP contribution in [0.3, 0.4) is 0 Å². The van der Waals surface area contributed by atoms with E-state index >= 15 is 0 Å². The second-order valence-corrected chi connectivity index (χ2v) is 12.9. The molecule has 230 valence electrons. The molecular formula is C36H70N2O. The van der Waals surface area contributed by atoms with Gasteiger partial charge < -0.3 is 0 Å². The molecule has 0 bridgehead atoms. The maximum atomic E-state index is 13.2. The lowest BCUT2D eigenvalue weighted by molar-refractivity contribution is -0.128. The van der Waals surface area contributed by atoms with Gasteiger partial charge in [0.05, 0.1) is 0 Å². The van der Waals surface area contributed by atoms with Crippen molar-refractivity contribution in [1.29, 1.82) is 0 Å². The van der Waals surface area contributed by atoms with E-state index in [1.165, 1.54) is 96.3 Å². The number of nitrogens with zero attached hydrogens (tertiary/aromatic N) is 1. The Morgan fingerprint density at radius 2 is 1.03 bits per heavy atom. The summed E-state index contributed by atoms with van der Waals surface area (Å²) in [6.45, 7) is 15.6. The predicted molar refractivity (Wildman–Crippen MR) is 175 cm³/mol. The standard InChI is InChI=1S/C36H70N2O/c1-7-10-13-16-19-22-25-28-31-38(32-29-26-23-20-17-14-11-8-2)37-35(39)33-34(36(4,5)6)30-27-24-21-18-15-12-9-3/h19-20,22-23,34H,7-18,21,24-33H2,1-6H3,(H,37,39)/b22-19-,23-20-. The minimum Gasteiger partial charge on any atom is -0.289 e. The van der Waals surface area contributed by atoms with Gasteiger partial charge in [0, 0.05) is 19.5 Å². The zero-order valence-corrected chi connectivity index (χ0v) is 27.5. The molecule has 0 rings (SSSR count). The molecule has 3 heteroatoms. The van der Waals surface area contributed by atoms with E-state index < -0.39 is 0 Å². The van der Waals surface area contributed by atoms with Gasteiger partial charge in [-0.25, -0.2) is 5.01 Å². The second-order valence-electron chi connectivity index (χ2n) is 12.9. The number of rotatable bonds is 27. The number of nitrogens with one attached hydrogen (secondary N) is 1. The van der Waals surface area contributed by atoms with Crippen molar-refractivity contribution >= 4 is 5.91 Å². The number of hydrogen-bond acceptors (Lipinski definition) is 2. The van der Waals surface area contributed by atoms with Gasteiger partial charge in [-0.2, -0.15) is 0 Å². The molecule has 0 saturated heterocycles. The molecule has 1 N–H and O–H groups in total. The molecule has 0 heterocycles. The van der Waals surface area contributed by atoms with Gasteiger partial charge in [-0.05, 0) is 69.1 Å². The fraction of sp³-hybridized carbons (Fsp3) is 0.861. The summed E-state index contributed by atoms with van der Waals surface area (Å²) < 4.78 is 0. The fourth-order valence-electron chi connectivity index (χ4n) is 5.15. The number of allylic oxidation sites excluding steroid dienone is 4. The molecule has 39 heavy (non-hydrogen) atoms. The molecule has 0 aromatic heterocycles. The van der Waals surface area contributed by atoms with E-state index in [0.29, 0.717) is 12.3 Å². The Kier molecular flexibility index (Phi) is 26.3. The van der Waals surface area contributed by atoms with Gasteiger partial charge in [0.2, 0.25) is 5.91 Å². The number of hydrazine groups is 1. The second kappa shape index (κ2) is 27.1. The number of amides is 1. The van der Waals surface area contributed by atoms with Crippen molar-refractivity contribution in [3.8, 4) is 0 Å². The summed E-state index contributed by atoms with van der Waals surface area (Å²) >= 11 is 0. The van der Waals surface area contributed by atoms with Crippen LogP contribution in [0.2, 0.25) is 0 Å². The number of hydrogen-bond donors (Lipinski definition) is 1. The van der Waals surface area contributed by atoms with Crippen LogP contribution in [-0.2, 0) is 4.79 Å². The largest absolute Gasteiger partial charge is 0.289 e. The summed E-state index contributed by atoms with van der Waals surface area (Å²) in [6, 6.07) is 0. The topological polar surface area (TPSA) is 32.3 Å². The van der Waals surface area contributed by atoms with Crippen LogP contribution in [0.5, 0.6) is 0 Å². The predicted octanol–water partition coefficient (Wildman–Crippen LogP) is 11.3. The van der Waals surface area contributed by atoms with E-state index in [4.69, 9.17) is 0 Å². The Morgan fingerprint density at radius 3 is 1.49 bits per heavy atom. The molecule has 1 amide bonds. The minimum absolute atomic E-state index is 0.162. The van der Waals surface area contributed by atoms with Crippen LogP contribution in [0.1, 0.15) is 176 Å². The summed E-state index contributed by atoms with van der Waals surface area (Å²) in [5.74, 6) is 0.648. The smallest absolute Gasteiger partial charge is 0.234 e. The molecule has 0 spiro atoms. The van der Waals surface area contributed by atoms with Crippen molar-refractivity contribution in [2.75, 3.05) is 13.1 Å². The van der Waals surface area contributed by atoms with Gasteiger partial charge in [-0.15, -0.1) is 0 Å². The first kappa shape index (κ1) is 37.9. The lowest BCUT2D eigenvalue weighted by Crippen LogP contribution is -2.44. The van der Waals surface area contributed by atoms with Crippen LogP contribution < -0.4 is 5.43 Å². The normalized spacial score (nSPS) is 13.2. The molecule has 1 unspecified atom stereocenters. The number of carbonyl (C=O) groups excluding carboxylic acids is 1. The summed E-state index contributed by atoms with van der Waals surface area (Å²) in [6.07, 6.45) is 35.1. The van der Waals surface area contributed by atoms with E-state index in [0.717, 1.165) is 45.2 Å². The molecule has 0 aliphatic carbocycles. The summed E-state index contributed by atoms with van der Waals surface area (Å²) in [5, 5.41) is 2.21. The third-order valence-corrected chi connectivity index (χ3v) is 7.98. The third-order valence-electron chi connectivity index (χ3n) is 7.98. The third kappa shape index (κ3) is 25.6. The Morgan fingerprint density at radius 1 is 0.615 bits per heavy atom. The first-order valence-electron chi connectivity index (χ1n) is 17.2. The zero-order valence-electron chi connectivity index (χ0n) is 27.5. The molecule has 3 nitrogen and oxygen atoms in total. The van der Waals surface area contributed by atoms with E-state index in [-0.39, 0.29) is 11.3 Å². The lowest BCUT2D eigenvalue weighted by atomic mass is 9.75. The average molecular weight is 547 g/mol. The van der Waals surface area contributed by atoms with Crippen molar-refractivity contribution in [3.63, 3.8) is 0 Å². The Bertz CT molecular complexity index is 563. The zero-order chi connectivity index (χ0) is 29.0. The van der Waals surface area contributed by atoms with Crippen molar-refractivity contribution in [1.82, 2.24) is 10.4 Å². The molecular weight excluding hydrogens is 476 g/mol. The van der Waals surface area contributed by atoms with Gasteiger partial charge in [-0.3, -0.25) is 10.2 Å². The first-order valence-corrected chi connectivity index (χ1v) is 17.2. The van der Waals surface area contributed by atoms with Crippen LogP contribution in [0.15, 0.2) is 24.3 Å². The number of unbranched alkanes of at least 4 members (excludes halogenated alkanes) is 14. The monoisotopic (exact) mass is 547 g/mol. The molecule has 0 fully saturated rings. The Labute approximate surface area is 246 Å². The summed E-state index contributed by atoms with van der Waals surface area (Å²) in [5.41, 5.74) is 3.49. The van der Waals surface area contributed by atoms with E-state index in [1.54, 1.807) is 0 Å². The molecule has 0 aliphatic heterocycles. The molecule has 1 atom stereocenters. The van der Waals surface area contributed by atoms with Gasteiger partial charge in [0.15, 0.2) is 0 Å². The summed E-state index contributed by atoms with van der Waals surface area (Å²) in [4.78, 5) is 13.2. The van der Waals surface area contributed by atoms with Gasteiger partial charge >= 0.3 is 0 Å². The van der Waals surface area contributed by atoms with Crippen molar-refractivity contribution in [3.05, 3.63) is 24.3 Å². The highest BCUT2D eigenvalue weighted by Gasteiger charge is 2.27. The molecule has 0 radical (unpaired) electrons. The number of carbonyl (C=O) groups is 1. The molecule has 0 aromatic carbocycles. The van der Waals surface area contributed by atoms with Gasteiger partial charge in [0.25, 0.3) is 0 Å². The highest BCUT2D eigenvalue weighted by atomic mass is 16.2. The van der Waals surface area contributed by atoms with E-state index in [1.807, 2.05) is 0 Å². The van der Waals surface area contributed by atoms with Crippen molar-refractivity contribution in [2.24, 2.45) is 11.3 Å². The van der Waals surface area contributed by atoms with Gasteiger partial charge in [-0.1, -0.05) is 136 Å². The Balaban J connectivity index is 4.70. The minimum atomic E-state index is 0.162. The van der Waals surface area contributed by atoms with Crippen LogP contribution in [0, 0.1) is 11.3 Å². The molecule has 0 saturated carbocycles. The van der Waals surface area contributed by atoms with Crippen LogP contribution in [0.4, 0.5) is 0 Å². The molecule has 0 aliphatic rings.